The third kappa shape index (κ3) is 2.21. The maximum Gasteiger partial charge on any atom is 0.336 e. The fourth-order valence-corrected chi connectivity index (χ4v) is 4.73. The number of fused-ring (bicyclic) bond motifs is 2. The molecule has 134 valence electrons. The Morgan fingerprint density at radius 3 is 2.50 bits per heavy atom. The highest BCUT2D eigenvalue weighted by atomic mass is 16.4. The number of aryl methyl sites for hydroxylation is 2. The number of nitrogens with one attached hydrogen (secondary N) is 1. The van der Waals surface area contributed by atoms with Crippen molar-refractivity contribution in [1.29, 1.82) is 0 Å². The number of amides is 3. The van der Waals surface area contributed by atoms with Crippen LogP contribution < -0.4 is 10.9 Å². The first kappa shape index (κ1) is 15.6. The molecule has 0 radical (unpaired) electrons. The Balaban J connectivity index is 1.56. The quantitative estimate of drug-likeness (QED) is 0.666. The molecular formula is C20H20N2O4. The molecule has 1 aliphatic heterocycles. The molecule has 1 aromatic heterocycles. The molecule has 2 heterocycles. The van der Waals surface area contributed by atoms with Crippen molar-refractivity contribution in [3.8, 4) is 0 Å². The molecule has 6 nitrogen and oxygen atoms in total. The van der Waals surface area contributed by atoms with Gasteiger partial charge in [0, 0.05) is 11.5 Å². The number of carbonyl (C=O) groups excluding carboxylic acids is 2. The van der Waals surface area contributed by atoms with Gasteiger partial charge < -0.3 is 9.73 Å². The second kappa shape index (κ2) is 5.43. The monoisotopic (exact) mass is 352 g/mol. The third-order valence-electron chi connectivity index (χ3n) is 6.07. The van der Waals surface area contributed by atoms with Gasteiger partial charge in [-0.2, -0.15) is 0 Å². The van der Waals surface area contributed by atoms with E-state index >= 15 is 0 Å². The van der Waals surface area contributed by atoms with Gasteiger partial charge in [0.2, 0.25) is 0 Å². The smallest absolute Gasteiger partial charge is 0.336 e. The van der Waals surface area contributed by atoms with Gasteiger partial charge in [0.05, 0.1) is 6.54 Å². The Morgan fingerprint density at radius 2 is 1.73 bits per heavy atom. The minimum Gasteiger partial charge on any atom is -0.423 e. The summed E-state index contributed by atoms with van der Waals surface area (Å²) in [4.78, 5) is 38.6. The van der Waals surface area contributed by atoms with Gasteiger partial charge in [-0.1, -0.05) is 12.8 Å². The number of carbonyl (C=O) groups is 2. The van der Waals surface area contributed by atoms with Crippen LogP contribution >= 0.6 is 0 Å². The predicted molar refractivity (Wildman–Crippen MR) is 94.8 cm³/mol. The maximum absolute atomic E-state index is 12.9. The van der Waals surface area contributed by atoms with Crippen LogP contribution in [0.4, 0.5) is 4.79 Å². The van der Waals surface area contributed by atoms with Crippen LogP contribution in [0.5, 0.6) is 0 Å². The molecule has 2 aromatic rings. The molecule has 1 N–H and O–H groups in total. The summed E-state index contributed by atoms with van der Waals surface area (Å²) in [6.45, 7) is 0.104. The molecule has 3 aliphatic rings. The highest BCUT2D eigenvalue weighted by molar-refractivity contribution is 6.07. The molecule has 0 bridgehead atoms. The van der Waals surface area contributed by atoms with Crippen molar-refractivity contribution in [3.63, 3.8) is 0 Å². The molecule has 26 heavy (non-hydrogen) atoms. The number of urea groups is 1. The average Bonchev–Trinajstić information content (AvgIpc) is 3.30. The normalized spacial score (nSPS) is 21.0. The Kier molecular flexibility index (Phi) is 3.26. The average molecular weight is 352 g/mol. The zero-order valence-electron chi connectivity index (χ0n) is 14.5. The van der Waals surface area contributed by atoms with Crippen LogP contribution in [0.25, 0.3) is 11.0 Å². The fourth-order valence-electron chi connectivity index (χ4n) is 4.73. The van der Waals surface area contributed by atoms with E-state index in [4.69, 9.17) is 4.42 Å². The first-order valence-corrected chi connectivity index (χ1v) is 9.28. The SMILES string of the molecule is O=C1NC2(CCCC2)C(=O)N1Cc1cc(=O)oc2cc3c(cc12)CCC3. The zero-order valence-corrected chi connectivity index (χ0v) is 14.5. The minimum atomic E-state index is -0.729. The summed E-state index contributed by atoms with van der Waals surface area (Å²) in [5.74, 6) is -0.164. The standard InChI is InChI=1S/C20H20N2O4/c23-17-10-14(15-8-12-4-3-5-13(12)9-16(15)26-17)11-22-18(24)20(21-19(22)25)6-1-2-7-20/h8-10H,1-7,11H2,(H,21,25). The summed E-state index contributed by atoms with van der Waals surface area (Å²) >= 11 is 0. The van der Waals surface area contributed by atoms with E-state index < -0.39 is 11.2 Å². The minimum absolute atomic E-state index is 0.104. The number of rotatable bonds is 2. The van der Waals surface area contributed by atoms with Gasteiger partial charge in [0.25, 0.3) is 5.91 Å². The Bertz CT molecular complexity index is 1000. The van der Waals surface area contributed by atoms with Crippen molar-refractivity contribution >= 4 is 22.9 Å². The van der Waals surface area contributed by atoms with Crippen LogP contribution in [0, 0.1) is 0 Å². The summed E-state index contributed by atoms with van der Waals surface area (Å²) < 4.78 is 5.38. The van der Waals surface area contributed by atoms with Crippen LogP contribution in [-0.2, 0) is 24.2 Å². The van der Waals surface area contributed by atoms with E-state index in [0.29, 0.717) is 24.0 Å². The van der Waals surface area contributed by atoms with Gasteiger partial charge in [-0.25, -0.2) is 9.59 Å². The van der Waals surface area contributed by atoms with Crippen LogP contribution in [0.15, 0.2) is 27.4 Å². The molecule has 6 heteroatoms. The summed E-state index contributed by atoms with van der Waals surface area (Å²) in [6, 6.07) is 5.04. The molecule has 0 unspecified atom stereocenters. The molecule has 1 saturated carbocycles. The zero-order chi connectivity index (χ0) is 17.9. The van der Waals surface area contributed by atoms with Crippen LogP contribution in [0.1, 0.15) is 48.8 Å². The van der Waals surface area contributed by atoms with Gasteiger partial charge >= 0.3 is 11.7 Å². The van der Waals surface area contributed by atoms with Crippen molar-refractivity contribution < 1.29 is 14.0 Å². The topological polar surface area (TPSA) is 79.6 Å². The lowest BCUT2D eigenvalue weighted by Crippen LogP contribution is -2.44. The lowest BCUT2D eigenvalue weighted by molar-refractivity contribution is -0.131. The van der Waals surface area contributed by atoms with E-state index in [-0.39, 0.29) is 18.5 Å². The van der Waals surface area contributed by atoms with Crippen LogP contribution in [0.3, 0.4) is 0 Å². The van der Waals surface area contributed by atoms with E-state index in [1.807, 2.05) is 6.07 Å². The predicted octanol–water partition coefficient (Wildman–Crippen LogP) is 2.65. The molecule has 1 spiro atoms. The summed E-state index contributed by atoms with van der Waals surface area (Å²) in [5, 5.41) is 3.71. The van der Waals surface area contributed by atoms with Crippen molar-refractivity contribution in [1.82, 2.24) is 10.2 Å². The van der Waals surface area contributed by atoms with E-state index in [9.17, 15) is 14.4 Å². The van der Waals surface area contributed by atoms with E-state index in [1.165, 1.54) is 22.1 Å². The molecule has 1 saturated heterocycles. The number of benzene rings is 1. The molecule has 2 aliphatic carbocycles. The van der Waals surface area contributed by atoms with E-state index in [1.54, 1.807) is 0 Å². The van der Waals surface area contributed by atoms with Gasteiger partial charge in [0.15, 0.2) is 0 Å². The van der Waals surface area contributed by atoms with Crippen molar-refractivity contribution in [2.45, 2.75) is 57.0 Å². The highest BCUT2D eigenvalue weighted by Crippen LogP contribution is 2.36. The number of hydrogen-bond donors (Lipinski definition) is 1. The van der Waals surface area contributed by atoms with E-state index in [2.05, 4.69) is 11.4 Å². The summed E-state index contributed by atoms with van der Waals surface area (Å²) in [6.07, 6.45) is 6.39. The molecule has 2 fully saturated rings. The lowest BCUT2D eigenvalue weighted by Gasteiger charge is -2.20. The highest BCUT2D eigenvalue weighted by Gasteiger charge is 2.52. The van der Waals surface area contributed by atoms with Crippen LogP contribution in [-0.4, -0.2) is 22.4 Å². The van der Waals surface area contributed by atoms with Crippen LogP contribution in [0.2, 0.25) is 0 Å². The van der Waals surface area contributed by atoms with Gasteiger partial charge in [-0.3, -0.25) is 9.69 Å². The van der Waals surface area contributed by atoms with Gasteiger partial charge in [-0.05, 0) is 60.9 Å². The van der Waals surface area contributed by atoms with Gasteiger partial charge in [-0.15, -0.1) is 0 Å². The van der Waals surface area contributed by atoms with Gasteiger partial charge in [0.1, 0.15) is 11.1 Å². The third-order valence-corrected chi connectivity index (χ3v) is 6.07. The summed E-state index contributed by atoms with van der Waals surface area (Å²) in [5.41, 5.74) is 2.51. The lowest BCUT2D eigenvalue weighted by atomic mass is 9.97. The second-order valence-electron chi connectivity index (χ2n) is 7.67. The molecule has 5 rings (SSSR count). The van der Waals surface area contributed by atoms with Crippen molar-refractivity contribution in [2.75, 3.05) is 0 Å². The number of nitrogens with zero attached hydrogens (tertiary/aromatic N) is 1. The van der Waals surface area contributed by atoms with E-state index in [0.717, 1.165) is 37.5 Å². The first-order chi connectivity index (χ1) is 12.6. The molecular weight excluding hydrogens is 332 g/mol. The Morgan fingerprint density at radius 1 is 1.00 bits per heavy atom. The fraction of sp³-hybridized carbons (Fsp3) is 0.450. The van der Waals surface area contributed by atoms with Crippen molar-refractivity contribution in [3.05, 3.63) is 45.3 Å². The molecule has 1 aromatic carbocycles. The number of imide groups is 1. The number of hydrogen-bond acceptors (Lipinski definition) is 4. The maximum atomic E-state index is 12.9. The Hall–Kier alpha value is -2.63. The largest absolute Gasteiger partial charge is 0.423 e. The molecule has 0 atom stereocenters. The molecule has 3 amide bonds. The van der Waals surface area contributed by atoms with Crippen molar-refractivity contribution in [2.24, 2.45) is 0 Å². The summed E-state index contributed by atoms with van der Waals surface area (Å²) in [7, 11) is 0. The Labute approximate surface area is 150 Å². The second-order valence-corrected chi connectivity index (χ2v) is 7.67. The first-order valence-electron chi connectivity index (χ1n) is 9.28.